The predicted octanol–water partition coefficient (Wildman–Crippen LogP) is 1.60. The van der Waals surface area contributed by atoms with E-state index in [2.05, 4.69) is 10.2 Å². The fourth-order valence-electron chi connectivity index (χ4n) is 3.48. The van der Waals surface area contributed by atoms with Crippen LogP contribution in [0.2, 0.25) is 0 Å². The number of likely N-dealkylation sites (tertiary alicyclic amines) is 1. The van der Waals surface area contributed by atoms with E-state index in [-0.39, 0.29) is 17.9 Å². The zero-order valence-electron chi connectivity index (χ0n) is 14.5. The van der Waals surface area contributed by atoms with Gasteiger partial charge in [0.1, 0.15) is 0 Å². The highest BCUT2D eigenvalue weighted by atomic mass is 16.5. The van der Waals surface area contributed by atoms with Crippen LogP contribution in [0.3, 0.4) is 0 Å². The van der Waals surface area contributed by atoms with Crippen LogP contribution in [0.1, 0.15) is 42.6 Å². The fourth-order valence-corrected chi connectivity index (χ4v) is 3.48. The Bertz CT molecular complexity index is 510. The number of methoxy groups -OCH3 is 1. The second kappa shape index (κ2) is 7.93. The van der Waals surface area contributed by atoms with Crippen LogP contribution >= 0.6 is 0 Å². The number of ether oxygens (including phenoxy) is 1. The van der Waals surface area contributed by atoms with Crippen LogP contribution in [0.25, 0.3) is 0 Å². The summed E-state index contributed by atoms with van der Waals surface area (Å²) in [7, 11) is 1.67. The highest BCUT2D eigenvalue weighted by Crippen LogP contribution is 2.33. The van der Waals surface area contributed by atoms with Crippen molar-refractivity contribution >= 4 is 5.91 Å². The molecule has 1 aliphatic heterocycles. The first kappa shape index (κ1) is 17.9. The number of carbonyl (C=O) groups is 1. The average Bonchev–Trinajstić information content (AvgIpc) is 2.89. The lowest BCUT2D eigenvalue weighted by Gasteiger charge is -2.42. The standard InChI is InChI=1S/C17H29N3O3/c1-13-15(14(2)19-18-13)5-6-16(22)20-9-4-7-17(11-20,12-21)8-10-23-3/h21H,4-12H2,1-3H3,(H,18,19)/t17-/m0/s1. The van der Waals surface area contributed by atoms with Gasteiger partial charge in [-0.05, 0) is 45.1 Å². The number of H-pyrrole nitrogens is 1. The van der Waals surface area contributed by atoms with Gasteiger partial charge in [-0.2, -0.15) is 5.10 Å². The molecule has 1 fully saturated rings. The van der Waals surface area contributed by atoms with Crippen LogP contribution in [0.5, 0.6) is 0 Å². The molecule has 2 rings (SSSR count). The van der Waals surface area contributed by atoms with Crippen molar-refractivity contribution in [3.05, 3.63) is 17.0 Å². The molecule has 1 aliphatic rings. The number of aromatic amines is 1. The maximum absolute atomic E-state index is 12.6. The Morgan fingerprint density at radius 3 is 2.87 bits per heavy atom. The average molecular weight is 323 g/mol. The molecule has 1 aromatic heterocycles. The van der Waals surface area contributed by atoms with Crippen molar-refractivity contribution < 1.29 is 14.6 Å². The molecule has 23 heavy (non-hydrogen) atoms. The Morgan fingerprint density at radius 2 is 2.26 bits per heavy atom. The number of aryl methyl sites for hydroxylation is 2. The van der Waals surface area contributed by atoms with E-state index in [4.69, 9.17) is 4.74 Å². The van der Waals surface area contributed by atoms with Gasteiger partial charge in [0.25, 0.3) is 0 Å². The summed E-state index contributed by atoms with van der Waals surface area (Å²) in [5.74, 6) is 0.167. The molecule has 0 aliphatic carbocycles. The highest BCUT2D eigenvalue weighted by Gasteiger charge is 2.36. The van der Waals surface area contributed by atoms with Crippen LogP contribution in [-0.4, -0.2) is 59.5 Å². The van der Waals surface area contributed by atoms with E-state index in [1.54, 1.807) is 7.11 Å². The summed E-state index contributed by atoms with van der Waals surface area (Å²) in [5, 5.41) is 17.0. The maximum Gasteiger partial charge on any atom is 0.222 e. The minimum absolute atomic E-state index is 0.111. The fraction of sp³-hybridized carbons (Fsp3) is 0.765. The normalized spacial score (nSPS) is 21.7. The maximum atomic E-state index is 12.6. The molecule has 0 aromatic carbocycles. The van der Waals surface area contributed by atoms with Crippen molar-refractivity contribution in [2.24, 2.45) is 5.41 Å². The molecule has 0 saturated carbocycles. The molecule has 1 amide bonds. The lowest BCUT2D eigenvalue weighted by atomic mass is 9.78. The van der Waals surface area contributed by atoms with Crippen LogP contribution in [0.15, 0.2) is 0 Å². The molecule has 6 heteroatoms. The summed E-state index contributed by atoms with van der Waals surface area (Å²) < 4.78 is 5.16. The Morgan fingerprint density at radius 1 is 1.48 bits per heavy atom. The quantitative estimate of drug-likeness (QED) is 0.799. The van der Waals surface area contributed by atoms with Crippen molar-refractivity contribution in [3.63, 3.8) is 0 Å². The highest BCUT2D eigenvalue weighted by molar-refractivity contribution is 5.76. The molecule has 1 saturated heterocycles. The zero-order valence-corrected chi connectivity index (χ0v) is 14.5. The monoisotopic (exact) mass is 323 g/mol. The topological polar surface area (TPSA) is 78.5 Å². The Balaban J connectivity index is 1.93. The van der Waals surface area contributed by atoms with Crippen LogP contribution in [0.4, 0.5) is 0 Å². The van der Waals surface area contributed by atoms with Crippen LogP contribution in [-0.2, 0) is 16.0 Å². The first-order valence-electron chi connectivity index (χ1n) is 8.39. The first-order valence-corrected chi connectivity index (χ1v) is 8.39. The SMILES string of the molecule is COCC[C@@]1(CO)CCCN(C(=O)CCc2c(C)n[nH]c2C)C1. The number of rotatable bonds is 7. The van der Waals surface area contributed by atoms with Gasteiger partial charge in [-0.25, -0.2) is 0 Å². The molecule has 0 radical (unpaired) electrons. The summed E-state index contributed by atoms with van der Waals surface area (Å²) in [5.41, 5.74) is 2.95. The van der Waals surface area contributed by atoms with E-state index in [1.807, 2.05) is 18.7 Å². The van der Waals surface area contributed by atoms with E-state index in [0.29, 0.717) is 26.0 Å². The molecule has 0 bridgehead atoms. The molecule has 2 heterocycles. The van der Waals surface area contributed by atoms with Gasteiger partial charge >= 0.3 is 0 Å². The third kappa shape index (κ3) is 4.32. The second-order valence-electron chi connectivity index (χ2n) is 6.73. The number of amides is 1. The van der Waals surface area contributed by atoms with Gasteiger partial charge in [-0.3, -0.25) is 9.89 Å². The summed E-state index contributed by atoms with van der Waals surface area (Å²) in [6.07, 6.45) is 3.90. The minimum Gasteiger partial charge on any atom is -0.396 e. The molecule has 2 N–H and O–H groups in total. The summed E-state index contributed by atoms with van der Waals surface area (Å²) in [6.45, 7) is 6.11. The van der Waals surface area contributed by atoms with Crippen molar-refractivity contribution in [3.8, 4) is 0 Å². The molecule has 130 valence electrons. The minimum atomic E-state index is -0.203. The van der Waals surface area contributed by atoms with Gasteiger partial charge < -0.3 is 14.7 Å². The molecule has 0 unspecified atom stereocenters. The number of aliphatic hydroxyl groups excluding tert-OH is 1. The molecular formula is C17H29N3O3. The number of aromatic nitrogens is 2. The number of hydrogen-bond donors (Lipinski definition) is 2. The smallest absolute Gasteiger partial charge is 0.222 e. The molecule has 1 atom stereocenters. The molecule has 0 spiro atoms. The summed E-state index contributed by atoms with van der Waals surface area (Å²) in [4.78, 5) is 14.5. The zero-order chi connectivity index (χ0) is 16.9. The molecule has 1 aromatic rings. The van der Waals surface area contributed by atoms with Gasteiger partial charge in [-0.1, -0.05) is 0 Å². The predicted molar refractivity (Wildman–Crippen MR) is 88.2 cm³/mol. The number of nitrogens with zero attached hydrogens (tertiary/aromatic N) is 2. The van der Waals surface area contributed by atoms with E-state index in [0.717, 1.165) is 42.8 Å². The second-order valence-corrected chi connectivity index (χ2v) is 6.73. The number of aliphatic hydroxyl groups is 1. The third-order valence-electron chi connectivity index (χ3n) is 5.06. The largest absolute Gasteiger partial charge is 0.396 e. The third-order valence-corrected chi connectivity index (χ3v) is 5.06. The lowest BCUT2D eigenvalue weighted by Crippen LogP contribution is -2.48. The lowest BCUT2D eigenvalue weighted by molar-refractivity contribution is -0.136. The van der Waals surface area contributed by atoms with Crippen molar-refractivity contribution in [1.29, 1.82) is 0 Å². The van der Waals surface area contributed by atoms with E-state index in [9.17, 15) is 9.90 Å². The van der Waals surface area contributed by atoms with Gasteiger partial charge in [0.15, 0.2) is 0 Å². The van der Waals surface area contributed by atoms with E-state index in [1.165, 1.54) is 0 Å². The van der Waals surface area contributed by atoms with Gasteiger partial charge in [0, 0.05) is 44.3 Å². The Hall–Kier alpha value is -1.40. The summed E-state index contributed by atoms with van der Waals surface area (Å²) >= 11 is 0. The van der Waals surface area contributed by atoms with E-state index < -0.39 is 0 Å². The van der Waals surface area contributed by atoms with E-state index >= 15 is 0 Å². The Labute approximate surface area is 138 Å². The van der Waals surface area contributed by atoms with Gasteiger partial charge in [0.2, 0.25) is 5.91 Å². The Kier molecular flexibility index (Phi) is 6.18. The van der Waals surface area contributed by atoms with Crippen molar-refractivity contribution in [2.45, 2.75) is 46.0 Å². The van der Waals surface area contributed by atoms with Crippen molar-refractivity contribution in [2.75, 3.05) is 33.4 Å². The molecule has 6 nitrogen and oxygen atoms in total. The van der Waals surface area contributed by atoms with Crippen LogP contribution < -0.4 is 0 Å². The number of carbonyl (C=O) groups excluding carboxylic acids is 1. The van der Waals surface area contributed by atoms with Crippen molar-refractivity contribution in [1.82, 2.24) is 15.1 Å². The summed E-state index contributed by atoms with van der Waals surface area (Å²) in [6, 6.07) is 0. The van der Waals surface area contributed by atoms with Gasteiger partial charge in [-0.15, -0.1) is 0 Å². The number of hydrogen-bond acceptors (Lipinski definition) is 4. The number of nitrogens with one attached hydrogen (secondary N) is 1. The number of piperidine rings is 1. The van der Waals surface area contributed by atoms with Crippen LogP contribution in [0, 0.1) is 19.3 Å². The first-order chi connectivity index (χ1) is 11.0. The molecular weight excluding hydrogens is 294 g/mol. The van der Waals surface area contributed by atoms with Gasteiger partial charge in [0.05, 0.1) is 12.3 Å².